The van der Waals surface area contributed by atoms with Crippen molar-refractivity contribution >= 4 is 5.95 Å². The number of rotatable bonds is 4. The molecule has 100 valence electrons. The van der Waals surface area contributed by atoms with E-state index in [1.165, 1.54) is 11.1 Å². The lowest BCUT2D eigenvalue weighted by Gasteiger charge is -2.25. The summed E-state index contributed by atoms with van der Waals surface area (Å²) in [5, 5.41) is 0. The number of methoxy groups -OCH3 is 1. The molecule has 0 aliphatic rings. The molecule has 0 aliphatic heterocycles. The van der Waals surface area contributed by atoms with Crippen LogP contribution in [-0.4, -0.2) is 24.1 Å². The first kappa shape index (κ1) is 13.3. The van der Waals surface area contributed by atoms with Crippen molar-refractivity contribution < 1.29 is 4.74 Å². The summed E-state index contributed by atoms with van der Waals surface area (Å²) in [6.07, 6.45) is 1.71. The van der Waals surface area contributed by atoms with E-state index in [0.29, 0.717) is 11.8 Å². The molecule has 2 aromatic rings. The van der Waals surface area contributed by atoms with Gasteiger partial charge in [-0.05, 0) is 19.4 Å². The summed E-state index contributed by atoms with van der Waals surface area (Å²) in [7, 11) is 3.59. The number of ether oxygens (including phenoxy) is 1. The summed E-state index contributed by atoms with van der Waals surface area (Å²) in [4.78, 5) is 10.7. The number of hydrogen-bond acceptors (Lipinski definition) is 4. The second kappa shape index (κ2) is 5.69. The predicted octanol–water partition coefficient (Wildman–Crippen LogP) is 2.99. The molecule has 0 radical (unpaired) electrons. The zero-order chi connectivity index (χ0) is 13.8. The molecule has 0 aliphatic carbocycles. The van der Waals surface area contributed by atoms with Crippen molar-refractivity contribution in [1.82, 2.24) is 9.97 Å². The van der Waals surface area contributed by atoms with E-state index >= 15 is 0 Å². The molecule has 4 heteroatoms. The van der Waals surface area contributed by atoms with Gasteiger partial charge in [-0.1, -0.05) is 29.8 Å². The standard InChI is InChI=1S/C15H19N3O/c1-11-5-7-13(8-6-11)12(2)18(3)15-16-10-9-14(17-15)19-4/h5-10,12H,1-4H3/t12-/m0/s1. The highest BCUT2D eigenvalue weighted by Crippen LogP contribution is 2.23. The molecule has 0 fully saturated rings. The summed E-state index contributed by atoms with van der Waals surface area (Å²) in [5.74, 6) is 1.24. The molecule has 0 N–H and O–H groups in total. The Kier molecular flexibility index (Phi) is 4.00. The van der Waals surface area contributed by atoms with Gasteiger partial charge in [0.25, 0.3) is 0 Å². The molecular formula is C15H19N3O. The van der Waals surface area contributed by atoms with Crippen molar-refractivity contribution in [2.45, 2.75) is 19.9 Å². The second-order valence-corrected chi connectivity index (χ2v) is 4.60. The topological polar surface area (TPSA) is 38.2 Å². The largest absolute Gasteiger partial charge is 0.481 e. The minimum atomic E-state index is 0.202. The smallest absolute Gasteiger partial charge is 0.228 e. The Bertz CT molecular complexity index is 539. The number of aryl methyl sites for hydroxylation is 1. The highest BCUT2D eigenvalue weighted by Gasteiger charge is 2.14. The zero-order valence-electron chi connectivity index (χ0n) is 11.8. The van der Waals surface area contributed by atoms with Crippen LogP contribution < -0.4 is 9.64 Å². The quantitative estimate of drug-likeness (QED) is 0.844. The molecule has 0 saturated carbocycles. The number of anilines is 1. The van der Waals surface area contributed by atoms with Crippen LogP contribution in [0.1, 0.15) is 24.1 Å². The fourth-order valence-corrected chi connectivity index (χ4v) is 1.86. The SMILES string of the molecule is COc1ccnc(N(C)[C@@H](C)c2ccc(C)cc2)n1. The van der Waals surface area contributed by atoms with E-state index in [9.17, 15) is 0 Å². The number of hydrogen-bond donors (Lipinski definition) is 0. The van der Waals surface area contributed by atoms with Gasteiger partial charge in [0.1, 0.15) is 0 Å². The van der Waals surface area contributed by atoms with Gasteiger partial charge in [0.2, 0.25) is 11.8 Å². The van der Waals surface area contributed by atoms with E-state index in [4.69, 9.17) is 4.74 Å². The van der Waals surface area contributed by atoms with Crippen molar-refractivity contribution in [3.05, 3.63) is 47.7 Å². The van der Waals surface area contributed by atoms with Crippen LogP contribution in [0.2, 0.25) is 0 Å². The van der Waals surface area contributed by atoms with Crippen LogP contribution in [0.25, 0.3) is 0 Å². The Morgan fingerprint density at radius 1 is 1.16 bits per heavy atom. The van der Waals surface area contributed by atoms with Crippen molar-refractivity contribution in [1.29, 1.82) is 0 Å². The summed E-state index contributed by atoms with van der Waals surface area (Å²) in [6.45, 7) is 4.22. The van der Waals surface area contributed by atoms with Gasteiger partial charge in [-0.25, -0.2) is 4.98 Å². The Morgan fingerprint density at radius 3 is 2.47 bits per heavy atom. The number of benzene rings is 1. The Balaban J connectivity index is 2.22. The maximum Gasteiger partial charge on any atom is 0.228 e. The molecule has 0 unspecified atom stereocenters. The lowest BCUT2D eigenvalue weighted by Crippen LogP contribution is -2.23. The lowest BCUT2D eigenvalue weighted by molar-refractivity contribution is 0.396. The average Bonchev–Trinajstić information content (AvgIpc) is 2.46. The lowest BCUT2D eigenvalue weighted by atomic mass is 10.1. The summed E-state index contributed by atoms with van der Waals surface area (Å²) in [6, 6.07) is 10.5. The third-order valence-electron chi connectivity index (χ3n) is 3.28. The summed E-state index contributed by atoms with van der Waals surface area (Å²) < 4.78 is 5.13. The van der Waals surface area contributed by atoms with Gasteiger partial charge in [-0.15, -0.1) is 0 Å². The van der Waals surface area contributed by atoms with Crippen LogP contribution in [0.4, 0.5) is 5.95 Å². The molecule has 0 amide bonds. The first-order valence-corrected chi connectivity index (χ1v) is 6.28. The first-order valence-electron chi connectivity index (χ1n) is 6.28. The summed E-state index contributed by atoms with van der Waals surface area (Å²) >= 11 is 0. The highest BCUT2D eigenvalue weighted by atomic mass is 16.5. The van der Waals surface area contributed by atoms with Crippen LogP contribution in [0.3, 0.4) is 0 Å². The zero-order valence-corrected chi connectivity index (χ0v) is 11.8. The Hall–Kier alpha value is -2.10. The third kappa shape index (κ3) is 3.02. The minimum absolute atomic E-state index is 0.202. The van der Waals surface area contributed by atoms with Crippen molar-refractivity contribution in [3.63, 3.8) is 0 Å². The van der Waals surface area contributed by atoms with Crippen molar-refractivity contribution in [2.24, 2.45) is 0 Å². The molecular weight excluding hydrogens is 238 g/mol. The van der Waals surface area contributed by atoms with E-state index in [-0.39, 0.29) is 6.04 Å². The monoisotopic (exact) mass is 257 g/mol. The second-order valence-electron chi connectivity index (χ2n) is 4.60. The van der Waals surface area contributed by atoms with Crippen LogP contribution >= 0.6 is 0 Å². The third-order valence-corrected chi connectivity index (χ3v) is 3.28. The Labute approximate surface area is 114 Å². The normalized spacial score (nSPS) is 12.0. The fraction of sp³-hybridized carbons (Fsp3) is 0.333. The molecule has 0 saturated heterocycles. The molecule has 19 heavy (non-hydrogen) atoms. The van der Waals surface area contributed by atoms with E-state index in [1.54, 1.807) is 19.4 Å². The molecule has 1 atom stereocenters. The van der Waals surface area contributed by atoms with Crippen molar-refractivity contribution in [3.8, 4) is 5.88 Å². The van der Waals surface area contributed by atoms with Gasteiger partial charge in [-0.2, -0.15) is 4.98 Å². The molecule has 1 aromatic heterocycles. The molecule has 1 heterocycles. The van der Waals surface area contributed by atoms with Gasteiger partial charge in [0, 0.05) is 19.3 Å². The minimum Gasteiger partial charge on any atom is -0.481 e. The molecule has 1 aromatic carbocycles. The van der Waals surface area contributed by atoms with Gasteiger partial charge < -0.3 is 9.64 Å². The van der Waals surface area contributed by atoms with E-state index in [2.05, 4.69) is 48.1 Å². The van der Waals surface area contributed by atoms with Crippen LogP contribution in [-0.2, 0) is 0 Å². The van der Waals surface area contributed by atoms with Gasteiger partial charge in [-0.3, -0.25) is 0 Å². The van der Waals surface area contributed by atoms with E-state index in [1.807, 2.05) is 11.9 Å². The number of nitrogens with zero attached hydrogens (tertiary/aromatic N) is 3. The van der Waals surface area contributed by atoms with Crippen LogP contribution in [0, 0.1) is 6.92 Å². The first-order chi connectivity index (χ1) is 9.11. The summed E-state index contributed by atoms with van der Waals surface area (Å²) in [5.41, 5.74) is 2.50. The van der Waals surface area contributed by atoms with E-state index in [0.717, 1.165) is 0 Å². The molecule has 2 rings (SSSR count). The van der Waals surface area contributed by atoms with Crippen LogP contribution in [0.5, 0.6) is 5.88 Å². The fourth-order valence-electron chi connectivity index (χ4n) is 1.86. The van der Waals surface area contributed by atoms with Crippen molar-refractivity contribution in [2.75, 3.05) is 19.1 Å². The van der Waals surface area contributed by atoms with Gasteiger partial charge in [0.15, 0.2) is 0 Å². The molecule has 4 nitrogen and oxygen atoms in total. The maximum atomic E-state index is 5.13. The molecule has 0 bridgehead atoms. The average molecular weight is 257 g/mol. The van der Waals surface area contributed by atoms with Crippen LogP contribution in [0.15, 0.2) is 36.5 Å². The highest BCUT2D eigenvalue weighted by molar-refractivity contribution is 5.36. The maximum absolute atomic E-state index is 5.13. The van der Waals surface area contributed by atoms with Gasteiger partial charge in [0.05, 0.1) is 13.2 Å². The Morgan fingerprint density at radius 2 is 1.84 bits per heavy atom. The van der Waals surface area contributed by atoms with E-state index < -0.39 is 0 Å². The number of aromatic nitrogens is 2. The molecule has 0 spiro atoms. The van der Waals surface area contributed by atoms with Gasteiger partial charge >= 0.3 is 0 Å². The predicted molar refractivity (Wildman–Crippen MR) is 76.6 cm³/mol.